The molecule has 0 aromatic carbocycles. The Morgan fingerprint density at radius 2 is 2.19 bits per heavy atom. The van der Waals surface area contributed by atoms with Gasteiger partial charge in [0.15, 0.2) is 0 Å². The minimum Gasteiger partial charge on any atom is -0.366 e. The first-order chi connectivity index (χ1) is 7.47. The van der Waals surface area contributed by atoms with E-state index in [-0.39, 0.29) is 18.1 Å². The average molecular weight is 263 g/mol. The number of carbonyl (C=O) groups is 1. The molecule has 1 fully saturated rings. The molecule has 0 aliphatic carbocycles. The van der Waals surface area contributed by atoms with E-state index in [9.17, 15) is 4.79 Å². The van der Waals surface area contributed by atoms with Gasteiger partial charge in [-0.2, -0.15) is 23.5 Å². The van der Waals surface area contributed by atoms with Crippen LogP contribution in [0, 0.1) is 0 Å². The smallest absolute Gasteiger partial charge is 0.246 e. The van der Waals surface area contributed by atoms with Crippen LogP contribution >= 0.6 is 23.5 Å². The predicted molar refractivity (Wildman–Crippen MR) is 72.3 cm³/mol. The van der Waals surface area contributed by atoms with Gasteiger partial charge in [0.2, 0.25) is 5.91 Å². The van der Waals surface area contributed by atoms with Crippen molar-refractivity contribution in [2.24, 2.45) is 0 Å². The molecule has 3 nitrogen and oxygen atoms in total. The summed E-state index contributed by atoms with van der Waals surface area (Å²) in [5, 5.41) is 3.49. The van der Waals surface area contributed by atoms with E-state index < -0.39 is 0 Å². The third-order valence-corrected chi connectivity index (χ3v) is 4.89. The Morgan fingerprint density at radius 3 is 2.75 bits per heavy atom. The van der Waals surface area contributed by atoms with E-state index in [0.29, 0.717) is 5.25 Å². The van der Waals surface area contributed by atoms with Crippen molar-refractivity contribution in [1.82, 2.24) is 5.32 Å². The molecule has 0 aromatic heterocycles. The molecule has 1 atom stereocenters. The summed E-state index contributed by atoms with van der Waals surface area (Å²) in [6, 6.07) is 0. The summed E-state index contributed by atoms with van der Waals surface area (Å²) < 4.78 is 5.41. The molecule has 94 valence electrons. The molecular formula is C11H21NO2S2. The van der Waals surface area contributed by atoms with Gasteiger partial charge < -0.3 is 10.1 Å². The number of thioether (sulfide) groups is 2. The van der Waals surface area contributed by atoms with Gasteiger partial charge in [0.05, 0.1) is 5.60 Å². The van der Waals surface area contributed by atoms with Gasteiger partial charge in [0.1, 0.15) is 6.61 Å². The highest BCUT2D eigenvalue weighted by atomic mass is 32.2. The zero-order chi connectivity index (χ0) is 12.0. The fraction of sp³-hybridized carbons (Fsp3) is 0.909. The number of rotatable bonds is 4. The Morgan fingerprint density at radius 1 is 1.44 bits per heavy atom. The molecule has 16 heavy (non-hydrogen) atoms. The fourth-order valence-corrected chi connectivity index (χ4v) is 3.83. The van der Waals surface area contributed by atoms with Crippen molar-refractivity contribution in [2.45, 2.75) is 31.6 Å². The minimum absolute atomic E-state index is 0.00824. The lowest BCUT2D eigenvalue weighted by molar-refractivity contribution is -0.130. The first-order valence-corrected chi connectivity index (χ1v) is 7.78. The summed E-state index contributed by atoms with van der Waals surface area (Å²) in [5.41, 5.74) is -0.243. The maximum atomic E-state index is 11.5. The molecule has 1 saturated heterocycles. The van der Waals surface area contributed by atoms with Crippen LogP contribution in [0.15, 0.2) is 0 Å². The van der Waals surface area contributed by atoms with Crippen molar-refractivity contribution in [3.8, 4) is 0 Å². The van der Waals surface area contributed by atoms with Crippen LogP contribution < -0.4 is 5.32 Å². The molecular weight excluding hydrogens is 242 g/mol. The highest BCUT2D eigenvalue weighted by Gasteiger charge is 2.16. The SMILES string of the molecule is CC(C)(C)OCC(=O)NCC1CSCCS1. The van der Waals surface area contributed by atoms with Gasteiger partial charge in [-0.25, -0.2) is 0 Å². The quantitative estimate of drug-likeness (QED) is 0.839. The van der Waals surface area contributed by atoms with Gasteiger partial charge in [-0.05, 0) is 20.8 Å². The van der Waals surface area contributed by atoms with E-state index in [1.54, 1.807) is 0 Å². The highest BCUT2D eigenvalue weighted by Crippen LogP contribution is 2.23. The van der Waals surface area contributed by atoms with Crippen molar-refractivity contribution >= 4 is 29.4 Å². The molecule has 1 heterocycles. The molecule has 1 amide bonds. The zero-order valence-electron chi connectivity index (χ0n) is 10.2. The van der Waals surface area contributed by atoms with Gasteiger partial charge in [0.25, 0.3) is 0 Å². The van der Waals surface area contributed by atoms with Crippen LogP contribution in [0.2, 0.25) is 0 Å². The second kappa shape index (κ2) is 6.77. The second-order valence-electron chi connectivity index (χ2n) is 4.77. The summed E-state index contributed by atoms with van der Waals surface area (Å²) >= 11 is 3.92. The summed E-state index contributed by atoms with van der Waals surface area (Å²) in [7, 11) is 0. The van der Waals surface area contributed by atoms with Crippen molar-refractivity contribution < 1.29 is 9.53 Å². The Bertz CT molecular complexity index is 223. The van der Waals surface area contributed by atoms with Crippen LogP contribution in [0.3, 0.4) is 0 Å². The van der Waals surface area contributed by atoms with Gasteiger partial charge in [-0.15, -0.1) is 0 Å². The van der Waals surface area contributed by atoms with Crippen molar-refractivity contribution in [3.63, 3.8) is 0 Å². The largest absolute Gasteiger partial charge is 0.366 e. The molecule has 1 rings (SSSR count). The monoisotopic (exact) mass is 263 g/mol. The molecule has 0 spiro atoms. The molecule has 5 heteroatoms. The lowest BCUT2D eigenvalue weighted by atomic mass is 10.2. The van der Waals surface area contributed by atoms with Gasteiger partial charge in [0, 0.05) is 29.1 Å². The molecule has 1 aliphatic rings. The molecule has 1 N–H and O–H groups in total. The first-order valence-electron chi connectivity index (χ1n) is 5.57. The lowest BCUT2D eigenvalue weighted by Crippen LogP contribution is -2.37. The van der Waals surface area contributed by atoms with Gasteiger partial charge >= 0.3 is 0 Å². The first kappa shape index (κ1) is 14.2. The van der Waals surface area contributed by atoms with Crippen LogP contribution in [-0.2, 0) is 9.53 Å². The molecule has 0 aromatic rings. The number of ether oxygens (including phenoxy) is 1. The summed E-state index contributed by atoms with van der Waals surface area (Å²) in [4.78, 5) is 11.5. The van der Waals surface area contributed by atoms with Crippen molar-refractivity contribution in [1.29, 1.82) is 0 Å². The number of nitrogens with one attached hydrogen (secondary N) is 1. The van der Waals surface area contributed by atoms with Gasteiger partial charge in [-0.3, -0.25) is 4.79 Å². The number of hydrogen-bond donors (Lipinski definition) is 1. The van der Waals surface area contributed by atoms with E-state index in [0.717, 1.165) is 12.3 Å². The van der Waals surface area contributed by atoms with Gasteiger partial charge in [-0.1, -0.05) is 0 Å². The maximum absolute atomic E-state index is 11.5. The summed E-state index contributed by atoms with van der Waals surface area (Å²) in [6.07, 6.45) is 0. The van der Waals surface area contributed by atoms with Crippen LogP contribution in [0.1, 0.15) is 20.8 Å². The normalized spacial score (nSPS) is 21.8. The summed E-state index contributed by atoms with van der Waals surface area (Å²) in [6.45, 7) is 6.79. The number of amides is 1. The van der Waals surface area contributed by atoms with E-state index in [2.05, 4.69) is 5.32 Å². The van der Waals surface area contributed by atoms with Crippen LogP contribution in [0.25, 0.3) is 0 Å². The Hall–Kier alpha value is 0.130. The standard InChI is InChI=1S/C11H21NO2S2/c1-11(2,3)14-7-10(13)12-6-9-8-15-4-5-16-9/h9H,4-8H2,1-3H3,(H,12,13). The Labute approximate surface area is 106 Å². The van der Waals surface area contributed by atoms with E-state index in [4.69, 9.17) is 4.74 Å². The van der Waals surface area contributed by atoms with Crippen molar-refractivity contribution in [3.05, 3.63) is 0 Å². The second-order valence-corrected chi connectivity index (χ2v) is 7.33. The lowest BCUT2D eigenvalue weighted by Gasteiger charge is -2.22. The molecule has 0 saturated carbocycles. The maximum Gasteiger partial charge on any atom is 0.246 e. The topological polar surface area (TPSA) is 38.3 Å². The zero-order valence-corrected chi connectivity index (χ0v) is 11.9. The van der Waals surface area contributed by atoms with Crippen molar-refractivity contribution in [2.75, 3.05) is 30.4 Å². The van der Waals surface area contributed by atoms with E-state index >= 15 is 0 Å². The summed E-state index contributed by atoms with van der Waals surface area (Å²) in [5.74, 6) is 3.57. The Balaban J connectivity index is 2.09. The fourth-order valence-electron chi connectivity index (χ4n) is 1.22. The average Bonchev–Trinajstić information content (AvgIpc) is 2.24. The van der Waals surface area contributed by atoms with E-state index in [1.165, 1.54) is 11.5 Å². The predicted octanol–water partition coefficient (Wildman–Crippen LogP) is 1.77. The third-order valence-electron chi connectivity index (χ3n) is 2.05. The molecule has 1 unspecified atom stereocenters. The highest BCUT2D eigenvalue weighted by molar-refractivity contribution is 8.06. The van der Waals surface area contributed by atoms with Crippen LogP contribution in [0.5, 0.6) is 0 Å². The number of carbonyl (C=O) groups excluding carboxylic acids is 1. The Kier molecular flexibility index (Phi) is 6.00. The minimum atomic E-state index is -0.243. The molecule has 0 radical (unpaired) electrons. The number of hydrogen-bond acceptors (Lipinski definition) is 4. The van der Waals surface area contributed by atoms with E-state index in [1.807, 2.05) is 44.3 Å². The molecule has 1 aliphatic heterocycles. The van der Waals surface area contributed by atoms with Crippen LogP contribution in [0.4, 0.5) is 0 Å². The van der Waals surface area contributed by atoms with Crippen LogP contribution in [-0.4, -0.2) is 47.2 Å². The molecule has 0 bridgehead atoms. The third kappa shape index (κ3) is 6.66.